The molecule has 0 bridgehead atoms. The molecule has 1 fully saturated rings. The van der Waals surface area contributed by atoms with Crippen molar-refractivity contribution in [3.63, 3.8) is 0 Å². The molecular weight excluding hydrogens is 442 g/mol. The number of pyridine rings is 1. The minimum atomic E-state index is -0.584. The summed E-state index contributed by atoms with van der Waals surface area (Å²) in [5.74, 6) is -0.781. The molecule has 33 heavy (non-hydrogen) atoms. The molecular formula is C24H24ClN5O3. The molecule has 1 aliphatic heterocycles. The number of rotatable bonds is 7. The number of hydrogen-bond donors (Lipinski definition) is 3. The Morgan fingerprint density at radius 3 is 2.79 bits per heavy atom. The molecule has 3 aromatic rings. The van der Waals surface area contributed by atoms with Crippen LogP contribution in [-0.4, -0.2) is 45.1 Å². The number of nitrogens with one attached hydrogen (secondary N) is 2. The number of carbonyl (C=O) groups excluding carboxylic acids is 3. The highest BCUT2D eigenvalue weighted by Gasteiger charge is 2.35. The maximum Gasteiger partial charge on any atom is 0.270 e. The van der Waals surface area contributed by atoms with Crippen molar-refractivity contribution >= 4 is 29.2 Å². The number of hydrogen-bond acceptors (Lipinski definition) is 5. The number of halogens is 1. The molecule has 0 aliphatic carbocycles. The van der Waals surface area contributed by atoms with Crippen LogP contribution in [0.25, 0.3) is 0 Å². The highest BCUT2D eigenvalue weighted by atomic mass is 35.5. The van der Waals surface area contributed by atoms with Gasteiger partial charge in [0, 0.05) is 54.4 Å². The van der Waals surface area contributed by atoms with Crippen LogP contribution >= 0.6 is 11.6 Å². The molecule has 0 saturated carbocycles. The van der Waals surface area contributed by atoms with E-state index in [-0.39, 0.29) is 29.8 Å². The van der Waals surface area contributed by atoms with Crippen LogP contribution in [0.2, 0.25) is 5.02 Å². The number of amides is 2. The molecule has 4 rings (SSSR count). The molecule has 0 radical (unpaired) electrons. The van der Waals surface area contributed by atoms with E-state index in [1.807, 2.05) is 6.07 Å². The van der Waals surface area contributed by atoms with Crippen LogP contribution < -0.4 is 11.1 Å². The van der Waals surface area contributed by atoms with Gasteiger partial charge < -0.3 is 20.9 Å². The lowest BCUT2D eigenvalue weighted by molar-refractivity contribution is -0.125. The fraction of sp³-hybridized carbons (Fsp3) is 0.250. The second-order valence-corrected chi connectivity index (χ2v) is 8.30. The Balaban J connectivity index is 1.43. The van der Waals surface area contributed by atoms with Crippen molar-refractivity contribution in [3.8, 4) is 0 Å². The molecule has 8 nitrogen and oxygen atoms in total. The fourth-order valence-electron chi connectivity index (χ4n) is 4.01. The van der Waals surface area contributed by atoms with Gasteiger partial charge in [-0.25, -0.2) is 0 Å². The smallest absolute Gasteiger partial charge is 0.270 e. The minimum absolute atomic E-state index is 0.230. The normalized spacial score (nSPS) is 15.5. The number of likely N-dealkylation sites (tertiary alicyclic amines) is 1. The lowest BCUT2D eigenvalue weighted by atomic mass is 10.1. The number of benzene rings is 1. The fourth-order valence-corrected chi connectivity index (χ4v) is 4.20. The second-order valence-electron chi connectivity index (χ2n) is 7.86. The average molecular weight is 466 g/mol. The van der Waals surface area contributed by atoms with Crippen molar-refractivity contribution in [1.29, 1.82) is 0 Å². The summed E-state index contributed by atoms with van der Waals surface area (Å²) >= 11 is 6.07. The number of H-pyrrole nitrogens is 1. The quantitative estimate of drug-likeness (QED) is 0.463. The molecule has 2 aromatic heterocycles. The maximum atomic E-state index is 13.1. The average Bonchev–Trinajstić information content (AvgIpc) is 3.53. The lowest BCUT2D eigenvalue weighted by Crippen LogP contribution is -2.45. The van der Waals surface area contributed by atoms with Crippen LogP contribution in [0, 0.1) is 0 Å². The Morgan fingerprint density at radius 2 is 2.03 bits per heavy atom. The maximum absolute atomic E-state index is 13.1. The predicted molar refractivity (Wildman–Crippen MR) is 124 cm³/mol. The van der Waals surface area contributed by atoms with Gasteiger partial charge in [0.05, 0.1) is 0 Å². The van der Waals surface area contributed by atoms with E-state index in [0.717, 1.165) is 17.5 Å². The zero-order chi connectivity index (χ0) is 23.4. The molecule has 9 heteroatoms. The van der Waals surface area contributed by atoms with E-state index in [2.05, 4.69) is 15.3 Å². The monoisotopic (exact) mass is 465 g/mol. The Kier molecular flexibility index (Phi) is 6.86. The van der Waals surface area contributed by atoms with E-state index in [1.165, 1.54) is 18.5 Å². The Hall–Kier alpha value is -3.49. The molecule has 2 amide bonds. The topological polar surface area (TPSA) is 121 Å². The number of carbonyl (C=O) groups is 3. The van der Waals surface area contributed by atoms with Gasteiger partial charge in [-0.1, -0.05) is 17.7 Å². The van der Waals surface area contributed by atoms with Gasteiger partial charge in [-0.3, -0.25) is 19.4 Å². The third kappa shape index (κ3) is 4.97. The van der Waals surface area contributed by atoms with Crippen LogP contribution in [0.4, 0.5) is 0 Å². The van der Waals surface area contributed by atoms with Crippen molar-refractivity contribution in [2.45, 2.75) is 32.0 Å². The highest BCUT2D eigenvalue weighted by molar-refractivity contribution is 6.30. The first-order valence-corrected chi connectivity index (χ1v) is 11.0. The summed E-state index contributed by atoms with van der Waals surface area (Å²) in [7, 11) is 0. The zero-order valence-corrected chi connectivity index (χ0v) is 18.6. The summed E-state index contributed by atoms with van der Waals surface area (Å²) in [4.78, 5) is 47.0. The van der Waals surface area contributed by atoms with E-state index >= 15 is 0 Å². The number of aromatic nitrogens is 2. The molecule has 1 saturated heterocycles. The first-order valence-electron chi connectivity index (χ1n) is 10.7. The number of nitrogens with zero attached hydrogens (tertiary/aromatic N) is 2. The third-order valence-corrected chi connectivity index (χ3v) is 5.99. The summed E-state index contributed by atoms with van der Waals surface area (Å²) in [5, 5.41) is 3.47. The SMILES string of the molecule is NCc1ccc(Cl)cc1CNC(=O)C1CCCN1C(=O)c1cc(C(=O)c2cccnc2)c[nH]1. The molecule has 1 aliphatic rings. The summed E-state index contributed by atoms with van der Waals surface area (Å²) in [5.41, 5.74) is 8.59. The van der Waals surface area contributed by atoms with E-state index in [9.17, 15) is 14.4 Å². The summed E-state index contributed by atoms with van der Waals surface area (Å²) in [6.07, 6.45) is 5.86. The summed E-state index contributed by atoms with van der Waals surface area (Å²) in [6, 6.07) is 9.66. The second kappa shape index (κ2) is 9.97. The van der Waals surface area contributed by atoms with Crippen molar-refractivity contribution < 1.29 is 14.4 Å². The van der Waals surface area contributed by atoms with Gasteiger partial charge in [-0.05, 0) is 54.3 Å². The first-order chi connectivity index (χ1) is 16.0. The molecule has 1 unspecified atom stereocenters. The molecule has 0 spiro atoms. The number of nitrogens with two attached hydrogens (primary N) is 1. The van der Waals surface area contributed by atoms with Gasteiger partial charge in [0.1, 0.15) is 11.7 Å². The van der Waals surface area contributed by atoms with Gasteiger partial charge in [0.25, 0.3) is 5.91 Å². The van der Waals surface area contributed by atoms with Crippen LogP contribution in [0.15, 0.2) is 55.0 Å². The third-order valence-electron chi connectivity index (χ3n) is 5.76. The minimum Gasteiger partial charge on any atom is -0.356 e. The van der Waals surface area contributed by atoms with Crippen LogP contribution in [0.3, 0.4) is 0 Å². The number of ketones is 1. The van der Waals surface area contributed by atoms with Gasteiger partial charge in [0.2, 0.25) is 5.91 Å². The molecule has 170 valence electrons. The Labute approximate surface area is 196 Å². The van der Waals surface area contributed by atoms with Crippen LogP contribution in [-0.2, 0) is 17.9 Å². The van der Waals surface area contributed by atoms with Crippen LogP contribution in [0.1, 0.15) is 50.4 Å². The molecule has 4 N–H and O–H groups in total. The van der Waals surface area contributed by atoms with Crippen LogP contribution in [0.5, 0.6) is 0 Å². The van der Waals surface area contributed by atoms with Crippen molar-refractivity contribution in [3.05, 3.63) is 88.0 Å². The first kappa shape index (κ1) is 22.7. The van der Waals surface area contributed by atoms with E-state index in [1.54, 1.807) is 35.4 Å². The van der Waals surface area contributed by atoms with Gasteiger partial charge in [0.15, 0.2) is 5.78 Å². The summed E-state index contributed by atoms with van der Waals surface area (Å²) in [6.45, 7) is 1.08. The molecule has 3 heterocycles. The standard InChI is InChI=1S/C24H24ClN5O3/c25-19-6-5-15(11-26)17(9-19)13-29-23(32)21-4-2-8-30(21)24(33)20-10-18(14-28-20)22(31)16-3-1-7-27-12-16/h1,3,5-7,9-10,12,14,21,28H,2,4,8,11,13,26H2,(H,29,32). The van der Waals surface area contributed by atoms with Gasteiger partial charge in [-0.2, -0.15) is 0 Å². The largest absolute Gasteiger partial charge is 0.356 e. The highest BCUT2D eigenvalue weighted by Crippen LogP contribution is 2.22. The van der Waals surface area contributed by atoms with Crippen molar-refractivity contribution in [2.24, 2.45) is 5.73 Å². The zero-order valence-electron chi connectivity index (χ0n) is 17.9. The Morgan fingerprint density at radius 1 is 1.18 bits per heavy atom. The lowest BCUT2D eigenvalue weighted by Gasteiger charge is -2.23. The Bertz CT molecular complexity index is 1180. The van der Waals surface area contributed by atoms with Crippen molar-refractivity contribution in [1.82, 2.24) is 20.2 Å². The van der Waals surface area contributed by atoms with Gasteiger partial charge >= 0.3 is 0 Å². The summed E-state index contributed by atoms with van der Waals surface area (Å²) < 4.78 is 0. The van der Waals surface area contributed by atoms with E-state index < -0.39 is 6.04 Å². The molecule has 1 atom stereocenters. The van der Waals surface area contributed by atoms with E-state index in [4.69, 9.17) is 17.3 Å². The number of aromatic amines is 1. The van der Waals surface area contributed by atoms with Gasteiger partial charge in [-0.15, -0.1) is 0 Å². The predicted octanol–water partition coefficient (Wildman–Crippen LogP) is 2.67. The molecule has 1 aromatic carbocycles. The van der Waals surface area contributed by atoms with Crippen molar-refractivity contribution in [2.75, 3.05) is 6.54 Å². The van der Waals surface area contributed by atoms with E-state index in [0.29, 0.717) is 35.7 Å².